The van der Waals surface area contributed by atoms with Crippen LogP contribution in [-0.4, -0.2) is 38.8 Å². The van der Waals surface area contributed by atoms with Gasteiger partial charge in [-0.15, -0.1) is 0 Å². The van der Waals surface area contributed by atoms with Gasteiger partial charge in [-0.05, 0) is 47.9 Å². The third-order valence-electron chi connectivity index (χ3n) is 3.88. The number of benzene rings is 2. The van der Waals surface area contributed by atoms with Crippen LogP contribution in [0.4, 0.5) is 18.9 Å². The summed E-state index contributed by atoms with van der Waals surface area (Å²) in [7, 11) is -3.75. The number of carboxylic acids is 1. The fourth-order valence-corrected chi connectivity index (χ4v) is 3.62. The van der Waals surface area contributed by atoms with E-state index in [4.69, 9.17) is 26.6 Å². The molecule has 0 spiro atoms. The molecule has 3 rings (SSSR count). The minimum atomic E-state index is -5.08. The van der Waals surface area contributed by atoms with E-state index in [0.29, 0.717) is 10.7 Å². The summed E-state index contributed by atoms with van der Waals surface area (Å²) < 4.78 is 55.4. The van der Waals surface area contributed by atoms with Crippen molar-refractivity contribution in [2.75, 3.05) is 18.0 Å². The van der Waals surface area contributed by atoms with Crippen molar-refractivity contribution in [1.29, 1.82) is 0 Å². The number of sulfonamides is 1. The van der Waals surface area contributed by atoms with Crippen LogP contribution in [0.3, 0.4) is 0 Å². The predicted molar refractivity (Wildman–Crippen MR) is 95.5 cm³/mol. The molecule has 0 aliphatic carbocycles. The van der Waals surface area contributed by atoms with Crippen molar-refractivity contribution in [2.24, 2.45) is 5.14 Å². The Hall–Kier alpha value is -2.04. The van der Waals surface area contributed by atoms with Gasteiger partial charge in [-0.1, -0.05) is 17.7 Å². The second-order valence-corrected chi connectivity index (χ2v) is 7.82. The molecule has 0 aromatic heterocycles. The number of anilines is 1. The van der Waals surface area contributed by atoms with E-state index in [1.54, 1.807) is 18.2 Å². The van der Waals surface area contributed by atoms with Crippen molar-refractivity contribution in [3.63, 3.8) is 0 Å². The molecule has 2 aromatic carbocycles. The number of carboxylic acid groups (broad SMARTS) is 1. The van der Waals surface area contributed by atoms with Crippen molar-refractivity contribution in [3.8, 4) is 0 Å². The van der Waals surface area contributed by atoms with Crippen LogP contribution >= 0.6 is 11.6 Å². The van der Waals surface area contributed by atoms with Gasteiger partial charge in [0.15, 0.2) is 0 Å². The minimum absolute atomic E-state index is 0.189. The van der Waals surface area contributed by atoms with Crippen LogP contribution in [0.2, 0.25) is 5.02 Å². The highest BCUT2D eigenvalue weighted by molar-refractivity contribution is 7.89. The van der Waals surface area contributed by atoms with Crippen molar-refractivity contribution in [2.45, 2.75) is 23.9 Å². The standard InChI is InChI=1S/C14H15ClN2O2S.C2HF3O2/c15-12-4-3-10-9-14(20(16,18)19)13(8-11(10)7-12)17-5-1-2-6-17;3-2(4,5)1(6)7/h3-4,7-9H,1-2,5-6H2,(H2,16,18,19);(H,6,7). The summed E-state index contributed by atoms with van der Waals surface area (Å²) in [5, 5.41) is 14.9. The molecule has 0 unspecified atom stereocenters. The zero-order chi connectivity index (χ0) is 20.4. The maximum Gasteiger partial charge on any atom is 0.490 e. The van der Waals surface area contributed by atoms with Gasteiger partial charge in [0, 0.05) is 18.1 Å². The van der Waals surface area contributed by atoms with Gasteiger partial charge in [0.2, 0.25) is 10.0 Å². The Balaban J connectivity index is 0.000000321. The second-order valence-electron chi connectivity index (χ2n) is 5.85. The summed E-state index contributed by atoms with van der Waals surface area (Å²) in [5.74, 6) is -2.76. The number of nitrogens with zero attached hydrogens (tertiary/aromatic N) is 1. The zero-order valence-corrected chi connectivity index (χ0v) is 15.4. The van der Waals surface area contributed by atoms with E-state index in [1.807, 2.05) is 12.1 Å². The van der Waals surface area contributed by atoms with Gasteiger partial charge < -0.3 is 10.0 Å². The molecule has 1 aliphatic heterocycles. The molecule has 6 nitrogen and oxygen atoms in total. The van der Waals surface area contributed by atoms with Crippen molar-refractivity contribution in [3.05, 3.63) is 35.4 Å². The molecule has 2 aromatic rings. The van der Waals surface area contributed by atoms with E-state index >= 15 is 0 Å². The number of aliphatic carboxylic acids is 1. The molecule has 11 heteroatoms. The first-order chi connectivity index (χ1) is 12.4. The number of halogens is 4. The lowest BCUT2D eigenvalue weighted by atomic mass is 10.1. The molecule has 0 atom stereocenters. The molecule has 27 heavy (non-hydrogen) atoms. The number of carbonyl (C=O) groups is 1. The number of nitrogens with two attached hydrogens (primary N) is 1. The Labute approximate surface area is 158 Å². The number of fused-ring (bicyclic) bond motifs is 1. The molecular formula is C16H16ClF3N2O4S. The maximum atomic E-state index is 11.8. The monoisotopic (exact) mass is 424 g/mol. The lowest BCUT2D eigenvalue weighted by Crippen LogP contribution is -2.23. The van der Waals surface area contributed by atoms with Gasteiger partial charge in [0.05, 0.1) is 5.69 Å². The second kappa shape index (κ2) is 7.91. The molecule has 1 saturated heterocycles. The fourth-order valence-electron chi connectivity index (χ4n) is 2.67. The van der Waals surface area contributed by atoms with Crippen LogP contribution < -0.4 is 10.0 Å². The highest BCUT2D eigenvalue weighted by atomic mass is 35.5. The topological polar surface area (TPSA) is 101 Å². The summed E-state index contributed by atoms with van der Waals surface area (Å²) >= 11 is 6.00. The van der Waals surface area contributed by atoms with Crippen molar-refractivity contribution < 1.29 is 31.5 Å². The largest absolute Gasteiger partial charge is 0.490 e. The normalized spacial score (nSPS) is 14.8. The van der Waals surface area contributed by atoms with Crippen LogP contribution in [-0.2, 0) is 14.8 Å². The van der Waals surface area contributed by atoms with Gasteiger partial charge in [-0.2, -0.15) is 13.2 Å². The van der Waals surface area contributed by atoms with Crippen molar-refractivity contribution >= 4 is 44.1 Å². The molecule has 0 bridgehead atoms. The minimum Gasteiger partial charge on any atom is -0.475 e. The third kappa shape index (κ3) is 5.47. The lowest BCUT2D eigenvalue weighted by molar-refractivity contribution is -0.192. The molecular weight excluding hydrogens is 409 g/mol. The third-order valence-corrected chi connectivity index (χ3v) is 5.05. The number of rotatable bonds is 2. The first-order valence-corrected chi connectivity index (χ1v) is 9.63. The number of primary sulfonamides is 1. The Morgan fingerprint density at radius 3 is 2.15 bits per heavy atom. The van der Waals surface area contributed by atoms with Gasteiger partial charge >= 0.3 is 12.1 Å². The Morgan fingerprint density at radius 2 is 1.67 bits per heavy atom. The van der Waals surface area contributed by atoms with Gasteiger partial charge in [-0.25, -0.2) is 18.4 Å². The number of hydrogen-bond donors (Lipinski definition) is 2. The van der Waals surface area contributed by atoms with Crippen molar-refractivity contribution in [1.82, 2.24) is 0 Å². The smallest absolute Gasteiger partial charge is 0.475 e. The average Bonchev–Trinajstić information content (AvgIpc) is 3.06. The van der Waals surface area contributed by atoms with E-state index in [0.717, 1.165) is 36.7 Å². The summed E-state index contributed by atoms with van der Waals surface area (Å²) in [4.78, 5) is 11.2. The van der Waals surface area contributed by atoms with Crippen LogP contribution in [0.1, 0.15) is 12.8 Å². The van der Waals surface area contributed by atoms with E-state index < -0.39 is 22.2 Å². The van der Waals surface area contributed by atoms with Crippen LogP contribution in [0, 0.1) is 0 Å². The maximum absolute atomic E-state index is 11.8. The quantitative estimate of drug-likeness (QED) is 0.769. The first kappa shape index (κ1) is 21.3. The summed E-state index contributed by atoms with van der Waals surface area (Å²) in [6.45, 7) is 1.71. The molecule has 1 fully saturated rings. The van der Waals surface area contributed by atoms with Crippen LogP contribution in [0.5, 0.6) is 0 Å². The highest BCUT2D eigenvalue weighted by Crippen LogP contribution is 2.33. The highest BCUT2D eigenvalue weighted by Gasteiger charge is 2.38. The summed E-state index contributed by atoms with van der Waals surface area (Å²) in [6, 6.07) is 8.89. The molecule has 0 saturated carbocycles. The van der Waals surface area contributed by atoms with E-state index in [1.165, 1.54) is 0 Å². The van der Waals surface area contributed by atoms with Gasteiger partial charge in [-0.3, -0.25) is 0 Å². The van der Waals surface area contributed by atoms with E-state index in [2.05, 4.69) is 4.90 Å². The predicted octanol–water partition coefficient (Wildman–Crippen LogP) is 3.37. The Morgan fingerprint density at radius 1 is 1.11 bits per heavy atom. The molecule has 3 N–H and O–H groups in total. The van der Waals surface area contributed by atoms with Gasteiger partial charge in [0.25, 0.3) is 0 Å². The van der Waals surface area contributed by atoms with E-state index in [-0.39, 0.29) is 4.90 Å². The molecule has 148 valence electrons. The molecule has 1 aliphatic rings. The SMILES string of the molecule is NS(=O)(=O)c1cc2ccc(Cl)cc2cc1N1CCCC1.O=C(O)C(F)(F)F. The number of alkyl halides is 3. The Bertz CT molecular complexity index is 958. The average molecular weight is 425 g/mol. The Kier molecular flexibility index (Phi) is 6.23. The van der Waals surface area contributed by atoms with Crippen LogP contribution in [0.15, 0.2) is 35.2 Å². The zero-order valence-electron chi connectivity index (χ0n) is 13.8. The number of hydrogen-bond acceptors (Lipinski definition) is 4. The van der Waals surface area contributed by atoms with Gasteiger partial charge in [0.1, 0.15) is 4.90 Å². The van der Waals surface area contributed by atoms with Crippen LogP contribution in [0.25, 0.3) is 10.8 Å². The molecule has 0 amide bonds. The lowest BCUT2D eigenvalue weighted by Gasteiger charge is -2.21. The summed E-state index contributed by atoms with van der Waals surface area (Å²) in [5.41, 5.74) is 0.680. The molecule has 1 heterocycles. The first-order valence-electron chi connectivity index (χ1n) is 7.71. The van der Waals surface area contributed by atoms with E-state index in [9.17, 15) is 21.6 Å². The fraction of sp³-hybridized carbons (Fsp3) is 0.312. The summed E-state index contributed by atoms with van der Waals surface area (Å²) in [6.07, 6.45) is -2.95. The molecule has 0 radical (unpaired) electrons.